The summed E-state index contributed by atoms with van der Waals surface area (Å²) in [6.45, 7) is 2.71. The Bertz CT molecular complexity index is 389. The fourth-order valence-corrected chi connectivity index (χ4v) is 1.36. The van der Waals surface area contributed by atoms with Gasteiger partial charge in [0.05, 0.1) is 0 Å². The van der Waals surface area contributed by atoms with Crippen LogP contribution in [0.2, 0.25) is 0 Å². The van der Waals surface area contributed by atoms with E-state index in [0.717, 1.165) is 18.4 Å². The molecule has 0 aliphatic heterocycles. The van der Waals surface area contributed by atoms with Gasteiger partial charge in [-0.25, -0.2) is 0 Å². The number of carbonyl (C=O) groups excluding carboxylic acids is 1. The lowest BCUT2D eigenvalue weighted by Gasteiger charge is -2.00. The van der Waals surface area contributed by atoms with Crippen molar-refractivity contribution in [2.24, 2.45) is 0 Å². The first-order chi connectivity index (χ1) is 8.33. The van der Waals surface area contributed by atoms with Crippen molar-refractivity contribution in [2.75, 3.05) is 0 Å². The number of hydrogen-bond donors (Lipinski definition) is 1. The zero-order valence-electron chi connectivity index (χ0n) is 10.3. The molecule has 0 aliphatic carbocycles. The van der Waals surface area contributed by atoms with Crippen molar-refractivity contribution < 1.29 is 4.79 Å². The van der Waals surface area contributed by atoms with Crippen molar-refractivity contribution in [3.05, 3.63) is 53.8 Å². The monoisotopic (exact) mass is 229 g/mol. The van der Waals surface area contributed by atoms with Gasteiger partial charge in [-0.15, -0.1) is 5.73 Å². The molecule has 0 fully saturated rings. The van der Waals surface area contributed by atoms with Crippen LogP contribution in [0.5, 0.6) is 0 Å². The maximum atomic E-state index is 11.4. The molecule has 2 nitrogen and oxygen atoms in total. The summed E-state index contributed by atoms with van der Waals surface area (Å²) in [6.07, 6.45) is 6.66. The smallest absolute Gasteiger partial charge is 0.252 e. The summed E-state index contributed by atoms with van der Waals surface area (Å²) in [5.41, 5.74) is 4.00. The number of hydrogen-bond acceptors (Lipinski definition) is 1. The van der Waals surface area contributed by atoms with Gasteiger partial charge in [0.15, 0.2) is 0 Å². The number of unbranched alkanes of at least 4 members (excludes halogenated alkanes) is 2. The second-order valence-electron chi connectivity index (χ2n) is 3.86. The second-order valence-corrected chi connectivity index (χ2v) is 3.86. The van der Waals surface area contributed by atoms with Crippen LogP contribution in [0.1, 0.15) is 31.7 Å². The van der Waals surface area contributed by atoms with E-state index in [1.54, 1.807) is 0 Å². The molecule has 1 aromatic carbocycles. The first-order valence-corrected chi connectivity index (χ1v) is 6.05. The fraction of sp³-hybridized carbons (Fsp3) is 0.333. The molecule has 0 aliphatic rings. The quantitative estimate of drug-likeness (QED) is 0.453. The van der Waals surface area contributed by atoms with Crippen molar-refractivity contribution >= 4 is 5.91 Å². The van der Waals surface area contributed by atoms with Gasteiger partial charge in [0.2, 0.25) is 0 Å². The highest BCUT2D eigenvalue weighted by Crippen LogP contribution is 1.97. The third-order valence-electron chi connectivity index (χ3n) is 2.34. The van der Waals surface area contributed by atoms with Gasteiger partial charge in [0.25, 0.3) is 5.91 Å². The molecule has 2 heteroatoms. The van der Waals surface area contributed by atoms with Crippen LogP contribution >= 0.6 is 0 Å². The van der Waals surface area contributed by atoms with E-state index in [4.69, 9.17) is 0 Å². The lowest BCUT2D eigenvalue weighted by molar-refractivity contribution is -0.116. The first kappa shape index (κ1) is 13.3. The minimum Gasteiger partial charge on any atom is -0.348 e. The Morgan fingerprint density at radius 2 is 2.12 bits per heavy atom. The topological polar surface area (TPSA) is 29.1 Å². The zero-order valence-corrected chi connectivity index (χ0v) is 10.3. The van der Waals surface area contributed by atoms with Crippen molar-refractivity contribution in [1.82, 2.24) is 5.32 Å². The van der Waals surface area contributed by atoms with Crippen LogP contribution < -0.4 is 5.32 Å². The van der Waals surface area contributed by atoms with Gasteiger partial charge in [-0.05, 0) is 24.5 Å². The summed E-state index contributed by atoms with van der Waals surface area (Å²) in [5.74, 6) is -0.0957. The van der Waals surface area contributed by atoms with Crippen molar-refractivity contribution in [3.8, 4) is 0 Å². The summed E-state index contributed by atoms with van der Waals surface area (Å²) in [4.78, 5) is 11.4. The molecule has 90 valence electrons. The molecule has 0 spiro atoms. The van der Waals surface area contributed by atoms with Crippen molar-refractivity contribution in [1.29, 1.82) is 0 Å². The fourth-order valence-electron chi connectivity index (χ4n) is 1.36. The van der Waals surface area contributed by atoms with E-state index in [0.29, 0.717) is 6.54 Å². The van der Waals surface area contributed by atoms with Crippen LogP contribution in [-0.4, -0.2) is 5.91 Å². The molecular formula is C15H19NO. The van der Waals surface area contributed by atoms with Gasteiger partial charge in [0.1, 0.15) is 0 Å². The molecule has 0 unspecified atom stereocenters. The molecule has 0 radical (unpaired) electrons. The summed E-state index contributed by atoms with van der Waals surface area (Å²) in [5, 5.41) is 2.81. The summed E-state index contributed by atoms with van der Waals surface area (Å²) >= 11 is 0. The number of rotatable bonds is 6. The Hall–Kier alpha value is -1.79. The van der Waals surface area contributed by atoms with Gasteiger partial charge < -0.3 is 5.32 Å². The number of benzene rings is 1. The molecule has 1 amide bonds. The van der Waals surface area contributed by atoms with E-state index in [1.807, 2.05) is 36.4 Å². The third-order valence-corrected chi connectivity index (χ3v) is 2.34. The van der Waals surface area contributed by atoms with E-state index in [9.17, 15) is 4.79 Å². The van der Waals surface area contributed by atoms with Gasteiger partial charge >= 0.3 is 0 Å². The summed E-state index contributed by atoms with van der Waals surface area (Å²) in [7, 11) is 0. The van der Waals surface area contributed by atoms with Crippen LogP contribution in [0.25, 0.3) is 0 Å². The SMILES string of the molecule is CCCCC=C=CC(=O)NCc1ccccc1. The Labute approximate surface area is 103 Å². The van der Waals surface area contributed by atoms with E-state index >= 15 is 0 Å². The minimum atomic E-state index is -0.0957. The molecule has 0 atom stereocenters. The molecule has 0 heterocycles. The van der Waals surface area contributed by atoms with Crippen LogP contribution in [0.4, 0.5) is 0 Å². The zero-order chi connectivity index (χ0) is 12.3. The molecule has 1 N–H and O–H groups in total. The maximum Gasteiger partial charge on any atom is 0.252 e. The first-order valence-electron chi connectivity index (χ1n) is 6.05. The molecule has 0 bridgehead atoms. The Morgan fingerprint density at radius 1 is 1.35 bits per heavy atom. The average molecular weight is 229 g/mol. The Kier molecular flexibility index (Phi) is 6.54. The molecule has 17 heavy (non-hydrogen) atoms. The van der Waals surface area contributed by atoms with E-state index in [-0.39, 0.29) is 5.91 Å². The third kappa shape index (κ3) is 6.39. The van der Waals surface area contributed by atoms with Crippen LogP contribution in [-0.2, 0) is 11.3 Å². The molecule has 0 saturated carbocycles. The normalized spacial score (nSPS) is 9.24. The maximum absolute atomic E-state index is 11.4. The van der Waals surface area contributed by atoms with Gasteiger partial charge in [0, 0.05) is 12.6 Å². The van der Waals surface area contributed by atoms with Crippen LogP contribution in [0, 0.1) is 0 Å². The molecule has 0 aromatic heterocycles. The van der Waals surface area contributed by atoms with E-state index in [1.165, 1.54) is 12.5 Å². The highest BCUT2D eigenvalue weighted by molar-refractivity contribution is 5.87. The molecule has 0 saturated heterocycles. The van der Waals surface area contributed by atoms with E-state index in [2.05, 4.69) is 18.0 Å². The summed E-state index contributed by atoms with van der Waals surface area (Å²) in [6, 6.07) is 9.85. The number of carbonyl (C=O) groups is 1. The Morgan fingerprint density at radius 3 is 2.82 bits per heavy atom. The molecule has 1 aromatic rings. The van der Waals surface area contributed by atoms with Gasteiger partial charge in [-0.3, -0.25) is 4.79 Å². The predicted molar refractivity (Wildman–Crippen MR) is 70.5 cm³/mol. The lowest BCUT2D eigenvalue weighted by Crippen LogP contribution is -2.19. The average Bonchev–Trinajstić information content (AvgIpc) is 2.37. The van der Waals surface area contributed by atoms with Crippen LogP contribution in [0.15, 0.2) is 48.2 Å². The standard InChI is InChI=1S/C15H19NO/c1-2-3-4-5-9-12-15(17)16-13-14-10-7-6-8-11-14/h5-8,10-12H,2-4,13H2,1H3,(H,16,17). The minimum absolute atomic E-state index is 0.0957. The Balaban J connectivity index is 2.28. The highest BCUT2D eigenvalue weighted by Gasteiger charge is 1.94. The van der Waals surface area contributed by atoms with Crippen molar-refractivity contribution in [3.63, 3.8) is 0 Å². The molecular weight excluding hydrogens is 210 g/mol. The van der Waals surface area contributed by atoms with E-state index < -0.39 is 0 Å². The predicted octanol–water partition coefficient (Wildman–Crippen LogP) is 3.20. The van der Waals surface area contributed by atoms with Crippen LogP contribution in [0.3, 0.4) is 0 Å². The second kappa shape index (κ2) is 8.37. The van der Waals surface area contributed by atoms with Crippen molar-refractivity contribution in [2.45, 2.75) is 32.7 Å². The summed E-state index contributed by atoms with van der Waals surface area (Å²) < 4.78 is 0. The largest absolute Gasteiger partial charge is 0.348 e. The van der Waals surface area contributed by atoms with Gasteiger partial charge in [-0.2, -0.15) is 0 Å². The number of nitrogens with one attached hydrogen (secondary N) is 1. The number of amides is 1. The highest BCUT2D eigenvalue weighted by atomic mass is 16.1. The lowest BCUT2D eigenvalue weighted by atomic mass is 10.2. The van der Waals surface area contributed by atoms with Gasteiger partial charge in [-0.1, -0.05) is 43.7 Å². The molecule has 1 rings (SSSR count).